The van der Waals surface area contributed by atoms with Crippen molar-refractivity contribution in [2.75, 3.05) is 6.54 Å². The van der Waals surface area contributed by atoms with Gasteiger partial charge in [-0.1, -0.05) is 36.3 Å². The van der Waals surface area contributed by atoms with Crippen molar-refractivity contribution >= 4 is 0 Å². The minimum Gasteiger partial charge on any atom is -0.338 e. The number of aromatic nitrogens is 2. The zero-order valence-corrected chi connectivity index (χ0v) is 11.2. The lowest BCUT2D eigenvalue weighted by Crippen LogP contribution is -2.16. The van der Waals surface area contributed by atoms with Gasteiger partial charge in [0.25, 0.3) is 0 Å². The second-order valence-corrected chi connectivity index (χ2v) is 5.14. The maximum absolute atomic E-state index is 5.25. The van der Waals surface area contributed by atoms with Gasteiger partial charge in [-0.2, -0.15) is 4.98 Å². The molecule has 1 fully saturated rings. The molecule has 0 unspecified atom stereocenters. The molecule has 0 atom stereocenters. The topological polar surface area (TPSA) is 51.0 Å². The van der Waals surface area contributed by atoms with Crippen LogP contribution in [0.5, 0.6) is 0 Å². The molecule has 1 saturated carbocycles. The Kier molecular flexibility index (Phi) is 3.60. The lowest BCUT2D eigenvalue weighted by Gasteiger charge is -1.98. The quantitative estimate of drug-likeness (QED) is 0.864. The van der Waals surface area contributed by atoms with Crippen molar-refractivity contribution in [1.82, 2.24) is 15.5 Å². The summed E-state index contributed by atoms with van der Waals surface area (Å²) in [5.41, 5.74) is 2.33. The molecule has 0 spiro atoms. The first-order valence-electron chi connectivity index (χ1n) is 6.97. The highest BCUT2D eigenvalue weighted by Crippen LogP contribution is 2.27. The largest absolute Gasteiger partial charge is 0.338 e. The van der Waals surface area contributed by atoms with E-state index in [9.17, 15) is 0 Å². The van der Waals surface area contributed by atoms with E-state index >= 15 is 0 Å². The van der Waals surface area contributed by atoms with Crippen LogP contribution < -0.4 is 5.32 Å². The van der Waals surface area contributed by atoms with Crippen LogP contribution >= 0.6 is 0 Å². The Hall–Kier alpha value is -1.68. The molecule has 1 N–H and O–H groups in total. The number of rotatable bonds is 6. The average Bonchev–Trinajstić information content (AvgIpc) is 3.15. The van der Waals surface area contributed by atoms with E-state index < -0.39 is 0 Å². The van der Waals surface area contributed by atoms with Crippen LogP contribution in [-0.4, -0.2) is 16.7 Å². The molecule has 0 saturated heterocycles. The third-order valence-electron chi connectivity index (χ3n) is 3.49. The van der Waals surface area contributed by atoms with Crippen molar-refractivity contribution in [3.05, 3.63) is 35.7 Å². The van der Waals surface area contributed by atoms with Gasteiger partial charge in [-0.05, 0) is 37.3 Å². The molecule has 19 heavy (non-hydrogen) atoms. The molecule has 0 aliphatic heterocycles. The van der Waals surface area contributed by atoms with Gasteiger partial charge in [0.15, 0.2) is 0 Å². The smallest absolute Gasteiger partial charge is 0.240 e. The van der Waals surface area contributed by atoms with Crippen molar-refractivity contribution in [1.29, 1.82) is 0 Å². The first kappa shape index (κ1) is 12.4. The maximum Gasteiger partial charge on any atom is 0.240 e. The molecule has 4 heteroatoms. The van der Waals surface area contributed by atoms with E-state index in [1.54, 1.807) is 0 Å². The molecule has 1 aromatic heterocycles. The van der Waals surface area contributed by atoms with Gasteiger partial charge >= 0.3 is 0 Å². The summed E-state index contributed by atoms with van der Waals surface area (Å²) in [6, 6.07) is 8.31. The fourth-order valence-corrected chi connectivity index (χ4v) is 2.04. The zero-order chi connectivity index (χ0) is 13.1. The second kappa shape index (κ2) is 5.53. The summed E-state index contributed by atoms with van der Waals surface area (Å²) in [5.74, 6) is 2.20. The highest BCUT2D eigenvalue weighted by molar-refractivity contribution is 5.54. The molecule has 1 aliphatic carbocycles. The second-order valence-electron chi connectivity index (χ2n) is 5.14. The summed E-state index contributed by atoms with van der Waals surface area (Å²) in [6.07, 6.45) is 3.75. The Morgan fingerprint density at radius 1 is 1.26 bits per heavy atom. The number of hydrogen-bond acceptors (Lipinski definition) is 4. The van der Waals surface area contributed by atoms with E-state index in [2.05, 4.69) is 34.5 Å². The van der Waals surface area contributed by atoms with Crippen LogP contribution in [0, 0.1) is 5.92 Å². The zero-order valence-electron chi connectivity index (χ0n) is 11.2. The lowest BCUT2D eigenvalue weighted by atomic mass is 10.1. The first-order chi connectivity index (χ1) is 9.35. The summed E-state index contributed by atoms with van der Waals surface area (Å²) in [4.78, 5) is 4.41. The van der Waals surface area contributed by atoms with E-state index in [0.717, 1.165) is 24.4 Å². The summed E-state index contributed by atoms with van der Waals surface area (Å²) in [6.45, 7) is 3.87. The van der Waals surface area contributed by atoms with Gasteiger partial charge in [-0.3, -0.25) is 0 Å². The number of nitrogens with one attached hydrogen (secondary N) is 1. The van der Waals surface area contributed by atoms with E-state index in [0.29, 0.717) is 18.3 Å². The van der Waals surface area contributed by atoms with Gasteiger partial charge < -0.3 is 9.84 Å². The van der Waals surface area contributed by atoms with Gasteiger partial charge in [0.2, 0.25) is 11.7 Å². The fourth-order valence-electron chi connectivity index (χ4n) is 2.04. The minimum absolute atomic E-state index is 0.662. The van der Waals surface area contributed by atoms with Crippen LogP contribution in [0.1, 0.15) is 31.2 Å². The Labute approximate surface area is 113 Å². The van der Waals surface area contributed by atoms with Crippen LogP contribution in [0.2, 0.25) is 0 Å². The van der Waals surface area contributed by atoms with Crippen molar-refractivity contribution in [3.63, 3.8) is 0 Å². The van der Waals surface area contributed by atoms with E-state index in [-0.39, 0.29) is 0 Å². The molecule has 1 aliphatic rings. The maximum atomic E-state index is 5.25. The lowest BCUT2D eigenvalue weighted by molar-refractivity contribution is 0.367. The van der Waals surface area contributed by atoms with Gasteiger partial charge in [-0.25, -0.2) is 0 Å². The van der Waals surface area contributed by atoms with Crippen LogP contribution in [0.25, 0.3) is 11.4 Å². The third kappa shape index (κ3) is 3.20. The summed E-state index contributed by atoms with van der Waals surface area (Å²) < 4.78 is 5.25. The number of aryl methyl sites for hydroxylation is 1. The SMILES string of the molecule is CCc1ccc(-c2noc(CNCC3CC3)n2)cc1. The molecule has 0 bridgehead atoms. The first-order valence-corrected chi connectivity index (χ1v) is 6.97. The minimum atomic E-state index is 0.662. The molecule has 0 amide bonds. The number of benzene rings is 1. The Morgan fingerprint density at radius 2 is 2.05 bits per heavy atom. The molecule has 2 aromatic rings. The molecule has 1 heterocycles. The van der Waals surface area contributed by atoms with Crippen LogP contribution in [0.3, 0.4) is 0 Å². The molecule has 3 rings (SSSR count). The predicted molar refractivity (Wildman–Crippen MR) is 73.5 cm³/mol. The molecule has 100 valence electrons. The Morgan fingerprint density at radius 3 is 2.74 bits per heavy atom. The molecule has 0 radical (unpaired) electrons. The molecule has 1 aromatic carbocycles. The summed E-state index contributed by atoms with van der Waals surface area (Å²) in [5, 5.41) is 7.38. The van der Waals surface area contributed by atoms with Gasteiger partial charge in [0.05, 0.1) is 6.54 Å². The van der Waals surface area contributed by atoms with Gasteiger partial charge in [-0.15, -0.1) is 0 Å². The number of hydrogen-bond donors (Lipinski definition) is 1. The van der Waals surface area contributed by atoms with Crippen LogP contribution in [0.4, 0.5) is 0 Å². The van der Waals surface area contributed by atoms with Gasteiger partial charge in [0, 0.05) is 5.56 Å². The summed E-state index contributed by atoms with van der Waals surface area (Å²) in [7, 11) is 0. The molecular formula is C15H19N3O. The highest BCUT2D eigenvalue weighted by Gasteiger charge is 2.20. The van der Waals surface area contributed by atoms with E-state index in [4.69, 9.17) is 4.52 Å². The standard InChI is InChI=1S/C15H19N3O/c1-2-11-5-7-13(8-6-11)15-17-14(19-18-15)10-16-9-12-3-4-12/h5-8,12,16H,2-4,9-10H2,1H3. The van der Waals surface area contributed by atoms with E-state index in [1.165, 1.54) is 18.4 Å². The van der Waals surface area contributed by atoms with Crippen molar-refractivity contribution in [3.8, 4) is 11.4 Å². The Balaban J connectivity index is 1.61. The monoisotopic (exact) mass is 257 g/mol. The third-order valence-corrected chi connectivity index (χ3v) is 3.49. The van der Waals surface area contributed by atoms with Crippen LogP contribution in [0.15, 0.2) is 28.8 Å². The Bertz CT molecular complexity index is 529. The molecular weight excluding hydrogens is 238 g/mol. The average molecular weight is 257 g/mol. The normalized spacial score (nSPS) is 14.8. The van der Waals surface area contributed by atoms with Crippen molar-refractivity contribution < 1.29 is 4.52 Å². The van der Waals surface area contributed by atoms with Crippen LogP contribution in [-0.2, 0) is 13.0 Å². The van der Waals surface area contributed by atoms with Gasteiger partial charge in [0.1, 0.15) is 0 Å². The van der Waals surface area contributed by atoms with Crippen molar-refractivity contribution in [2.45, 2.75) is 32.7 Å². The van der Waals surface area contributed by atoms with Crippen molar-refractivity contribution in [2.24, 2.45) is 5.92 Å². The molecule has 4 nitrogen and oxygen atoms in total. The fraction of sp³-hybridized carbons (Fsp3) is 0.467. The highest BCUT2D eigenvalue weighted by atomic mass is 16.5. The van der Waals surface area contributed by atoms with E-state index in [1.807, 2.05) is 12.1 Å². The predicted octanol–water partition coefficient (Wildman–Crippen LogP) is 2.80. The number of nitrogens with zero attached hydrogens (tertiary/aromatic N) is 2. The summed E-state index contributed by atoms with van der Waals surface area (Å²) >= 11 is 0.